The molecule has 22 heavy (non-hydrogen) atoms. The van der Waals surface area contributed by atoms with Gasteiger partial charge in [-0.2, -0.15) is 0 Å². The zero-order valence-corrected chi connectivity index (χ0v) is 13.6. The van der Waals surface area contributed by atoms with Crippen molar-refractivity contribution >= 4 is 17.0 Å². The van der Waals surface area contributed by atoms with E-state index < -0.39 is 0 Å². The fourth-order valence-corrected chi connectivity index (χ4v) is 3.01. The van der Waals surface area contributed by atoms with E-state index in [0.717, 1.165) is 42.9 Å². The van der Waals surface area contributed by atoms with E-state index in [2.05, 4.69) is 25.8 Å². The Morgan fingerprint density at radius 3 is 2.59 bits per heavy atom. The smallest absolute Gasteiger partial charge is 0.223 e. The second kappa shape index (κ2) is 5.75. The van der Waals surface area contributed by atoms with Crippen LogP contribution >= 0.6 is 0 Å². The standard InChI is InChI=1S/C18H24N2O2/c1-18(2,3)12-16(21)20-10-8-13(9-11-20)17-19-14-6-4-5-7-15(14)22-17/h4-7,13H,8-12H2,1-3H3. The van der Waals surface area contributed by atoms with Crippen LogP contribution in [0.1, 0.15) is 51.8 Å². The Morgan fingerprint density at radius 1 is 1.27 bits per heavy atom. The van der Waals surface area contributed by atoms with Gasteiger partial charge in [0.25, 0.3) is 0 Å². The number of piperidine rings is 1. The first kappa shape index (κ1) is 15.1. The van der Waals surface area contributed by atoms with Gasteiger partial charge in [0.1, 0.15) is 5.52 Å². The third-order valence-electron chi connectivity index (χ3n) is 4.19. The summed E-state index contributed by atoms with van der Waals surface area (Å²) in [6, 6.07) is 7.87. The number of hydrogen-bond donors (Lipinski definition) is 0. The molecule has 2 heterocycles. The minimum Gasteiger partial charge on any atom is -0.440 e. The SMILES string of the molecule is CC(C)(C)CC(=O)N1CCC(c2nc3ccccc3o2)CC1. The average molecular weight is 300 g/mol. The van der Waals surface area contributed by atoms with Gasteiger partial charge >= 0.3 is 0 Å². The molecule has 1 saturated heterocycles. The van der Waals surface area contributed by atoms with Crippen LogP contribution in [0.5, 0.6) is 0 Å². The fourth-order valence-electron chi connectivity index (χ4n) is 3.01. The normalized spacial score (nSPS) is 17.1. The number of rotatable bonds is 2. The van der Waals surface area contributed by atoms with Crippen LogP contribution in [0.3, 0.4) is 0 Å². The summed E-state index contributed by atoms with van der Waals surface area (Å²) in [5.41, 5.74) is 1.82. The Balaban J connectivity index is 1.63. The number of likely N-dealkylation sites (tertiary alicyclic amines) is 1. The highest BCUT2D eigenvalue weighted by molar-refractivity contribution is 5.77. The third-order valence-corrected chi connectivity index (χ3v) is 4.19. The maximum absolute atomic E-state index is 12.3. The summed E-state index contributed by atoms with van der Waals surface area (Å²) in [7, 11) is 0. The molecule has 0 atom stereocenters. The maximum atomic E-state index is 12.3. The predicted molar refractivity (Wildman–Crippen MR) is 86.6 cm³/mol. The Hall–Kier alpha value is -1.84. The number of amides is 1. The molecule has 0 spiro atoms. The fraction of sp³-hybridized carbons (Fsp3) is 0.556. The molecular formula is C18H24N2O2. The molecule has 3 rings (SSSR count). The topological polar surface area (TPSA) is 46.3 Å². The number of para-hydroxylation sites is 2. The first-order chi connectivity index (χ1) is 10.4. The molecule has 2 aromatic rings. The highest BCUT2D eigenvalue weighted by Crippen LogP contribution is 2.31. The summed E-state index contributed by atoms with van der Waals surface area (Å²) in [6.07, 6.45) is 2.48. The van der Waals surface area contributed by atoms with E-state index >= 15 is 0 Å². The Bertz CT molecular complexity index is 628. The Kier molecular flexibility index (Phi) is 3.94. The third kappa shape index (κ3) is 3.32. The van der Waals surface area contributed by atoms with Crippen LogP contribution in [-0.2, 0) is 4.79 Å². The predicted octanol–water partition coefficient (Wildman–Crippen LogP) is 3.97. The van der Waals surface area contributed by atoms with E-state index in [1.54, 1.807) is 0 Å². The minimum absolute atomic E-state index is 0.0498. The van der Waals surface area contributed by atoms with Gasteiger partial charge < -0.3 is 9.32 Å². The van der Waals surface area contributed by atoms with Gasteiger partial charge in [-0.15, -0.1) is 0 Å². The van der Waals surface area contributed by atoms with E-state index in [1.807, 2.05) is 29.2 Å². The molecule has 0 radical (unpaired) electrons. The van der Waals surface area contributed by atoms with E-state index in [4.69, 9.17) is 4.42 Å². The van der Waals surface area contributed by atoms with Crippen LogP contribution in [-0.4, -0.2) is 28.9 Å². The lowest BCUT2D eigenvalue weighted by Crippen LogP contribution is -2.39. The van der Waals surface area contributed by atoms with E-state index in [0.29, 0.717) is 12.3 Å². The van der Waals surface area contributed by atoms with Gasteiger partial charge in [-0.25, -0.2) is 4.98 Å². The molecule has 0 saturated carbocycles. The number of carbonyl (C=O) groups is 1. The van der Waals surface area contributed by atoms with Crippen LogP contribution < -0.4 is 0 Å². The molecule has 1 aromatic heterocycles. The number of fused-ring (bicyclic) bond motifs is 1. The second-order valence-corrected chi connectivity index (χ2v) is 7.41. The van der Waals surface area contributed by atoms with E-state index in [1.165, 1.54) is 0 Å². The van der Waals surface area contributed by atoms with Crippen LogP contribution in [0, 0.1) is 5.41 Å². The number of hydrogen-bond acceptors (Lipinski definition) is 3. The molecule has 118 valence electrons. The Labute approximate surface area is 131 Å². The molecule has 4 nitrogen and oxygen atoms in total. The van der Waals surface area contributed by atoms with Crippen LogP contribution in [0.15, 0.2) is 28.7 Å². The number of carbonyl (C=O) groups excluding carboxylic acids is 1. The van der Waals surface area contributed by atoms with Gasteiger partial charge in [0.15, 0.2) is 11.5 Å². The number of benzene rings is 1. The molecule has 1 aromatic carbocycles. The van der Waals surface area contributed by atoms with Crippen molar-refractivity contribution in [3.8, 4) is 0 Å². The van der Waals surface area contributed by atoms with Crippen molar-refractivity contribution in [2.75, 3.05) is 13.1 Å². The average Bonchev–Trinajstić information content (AvgIpc) is 2.89. The monoisotopic (exact) mass is 300 g/mol. The van der Waals surface area contributed by atoms with Crippen LogP contribution in [0.2, 0.25) is 0 Å². The zero-order valence-electron chi connectivity index (χ0n) is 13.6. The summed E-state index contributed by atoms with van der Waals surface area (Å²) in [6.45, 7) is 7.93. The molecule has 0 unspecified atom stereocenters. The van der Waals surface area contributed by atoms with Crippen LogP contribution in [0.4, 0.5) is 0 Å². The highest BCUT2D eigenvalue weighted by atomic mass is 16.3. The Morgan fingerprint density at radius 2 is 1.95 bits per heavy atom. The zero-order chi connectivity index (χ0) is 15.7. The lowest BCUT2D eigenvalue weighted by molar-refractivity contribution is -0.134. The first-order valence-electron chi connectivity index (χ1n) is 8.06. The van der Waals surface area contributed by atoms with E-state index in [9.17, 15) is 4.79 Å². The molecule has 1 fully saturated rings. The molecular weight excluding hydrogens is 276 g/mol. The van der Waals surface area contributed by atoms with Crippen molar-refractivity contribution in [1.29, 1.82) is 0 Å². The van der Waals surface area contributed by atoms with Crippen molar-refractivity contribution in [3.05, 3.63) is 30.2 Å². The van der Waals surface area contributed by atoms with Gasteiger partial charge in [0.05, 0.1) is 0 Å². The quantitative estimate of drug-likeness (QED) is 0.843. The summed E-state index contributed by atoms with van der Waals surface area (Å²) >= 11 is 0. The van der Waals surface area contributed by atoms with Crippen molar-refractivity contribution < 1.29 is 9.21 Å². The summed E-state index contributed by atoms with van der Waals surface area (Å²) in [5.74, 6) is 1.42. The lowest BCUT2D eigenvalue weighted by Gasteiger charge is -2.32. The number of oxazole rings is 1. The number of nitrogens with zero attached hydrogens (tertiary/aromatic N) is 2. The van der Waals surface area contributed by atoms with Gasteiger partial charge in [-0.05, 0) is 30.4 Å². The molecule has 0 N–H and O–H groups in total. The first-order valence-corrected chi connectivity index (χ1v) is 8.06. The van der Waals surface area contributed by atoms with Gasteiger partial charge in [-0.3, -0.25) is 4.79 Å². The van der Waals surface area contributed by atoms with Gasteiger partial charge in [-0.1, -0.05) is 32.9 Å². The van der Waals surface area contributed by atoms with E-state index in [-0.39, 0.29) is 11.3 Å². The van der Waals surface area contributed by atoms with Crippen LogP contribution in [0.25, 0.3) is 11.1 Å². The van der Waals surface area contributed by atoms with Crippen molar-refractivity contribution in [1.82, 2.24) is 9.88 Å². The minimum atomic E-state index is 0.0498. The second-order valence-electron chi connectivity index (χ2n) is 7.41. The highest BCUT2D eigenvalue weighted by Gasteiger charge is 2.28. The van der Waals surface area contributed by atoms with Gasteiger partial charge in [0, 0.05) is 25.4 Å². The molecule has 0 bridgehead atoms. The summed E-state index contributed by atoms with van der Waals surface area (Å²) in [4.78, 5) is 18.9. The molecule has 4 heteroatoms. The van der Waals surface area contributed by atoms with Crippen molar-refractivity contribution in [2.45, 2.75) is 46.0 Å². The van der Waals surface area contributed by atoms with Gasteiger partial charge in [0.2, 0.25) is 5.91 Å². The molecule has 1 aliphatic heterocycles. The summed E-state index contributed by atoms with van der Waals surface area (Å²) in [5, 5.41) is 0. The molecule has 0 aliphatic carbocycles. The molecule has 1 aliphatic rings. The summed E-state index contributed by atoms with van der Waals surface area (Å²) < 4.78 is 5.87. The largest absolute Gasteiger partial charge is 0.440 e. The lowest BCUT2D eigenvalue weighted by atomic mass is 9.90. The van der Waals surface area contributed by atoms with Crippen molar-refractivity contribution in [2.24, 2.45) is 5.41 Å². The number of aromatic nitrogens is 1. The molecule has 1 amide bonds. The maximum Gasteiger partial charge on any atom is 0.223 e. The van der Waals surface area contributed by atoms with Crippen molar-refractivity contribution in [3.63, 3.8) is 0 Å².